The zero-order valence-electron chi connectivity index (χ0n) is 21.4. The van der Waals surface area contributed by atoms with Gasteiger partial charge in [0.25, 0.3) is 0 Å². The number of carboxylic acids is 3. The molecule has 0 atom stereocenters. The zero-order chi connectivity index (χ0) is 28.7. The predicted octanol–water partition coefficient (Wildman–Crippen LogP) is 0.113. The van der Waals surface area contributed by atoms with Crippen molar-refractivity contribution in [1.29, 1.82) is 0 Å². The van der Waals surface area contributed by atoms with Crippen LogP contribution in [0.1, 0.15) is 30.7 Å². The van der Waals surface area contributed by atoms with Gasteiger partial charge in [0, 0.05) is 5.56 Å². The Morgan fingerprint density at radius 2 is 1.18 bits per heavy atom. The van der Waals surface area contributed by atoms with Crippen molar-refractivity contribution in [3.8, 4) is 11.4 Å². The molecule has 2 aromatic rings. The monoisotopic (exact) mass is 549 g/mol. The van der Waals surface area contributed by atoms with Crippen LogP contribution in [0, 0.1) is 6.92 Å². The van der Waals surface area contributed by atoms with Crippen molar-refractivity contribution in [3.63, 3.8) is 0 Å². The second-order valence-corrected chi connectivity index (χ2v) is 8.56. The third-order valence-electron chi connectivity index (χ3n) is 5.08. The lowest BCUT2D eigenvalue weighted by atomic mass is 10.0. The maximum atomic E-state index is 13.0. The average molecular weight is 550 g/mol. The number of benzene rings is 1. The lowest BCUT2D eigenvalue weighted by molar-refractivity contribution is -0.139. The van der Waals surface area contributed by atoms with Crippen molar-refractivity contribution >= 4 is 23.8 Å². The van der Waals surface area contributed by atoms with Crippen LogP contribution in [0.2, 0.25) is 0 Å². The van der Waals surface area contributed by atoms with Crippen LogP contribution in [0.25, 0.3) is 11.4 Å². The first kappa shape index (κ1) is 31.1. The van der Waals surface area contributed by atoms with Crippen molar-refractivity contribution in [1.82, 2.24) is 25.7 Å². The van der Waals surface area contributed by atoms with Gasteiger partial charge in [-0.2, -0.15) is 0 Å². The minimum atomic E-state index is -1.35. The van der Waals surface area contributed by atoms with Crippen molar-refractivity contribution in [2.75, 3.05) is 39.6 Å². The molecule has 1 heterocycles. The van der Waals surface area contributed by atoms with Gasteiger partial charge in [0.05, 0.1) is 65.3 Å². The van der Waals surface area contributed by atoms with Crippen LogP contribution in [-0.4, -0.2) is 105 Å². The van der Waals surface area contributed by atoms with Gasteiger partial charge in [-0.05, 0) is 12.5 Å². The van der Waals surface area contributed by atoms with Gasteiger partial charge in [-0.25, -0.2) is 0 Å². The summed E-state index contributed by atoms with van der Waals surface area (Å²) in [7, 11) is 0. The Kier molecular flexibility index (Phi) is 12.8. The fourth-order valence-corrected chi connectivity index (χ4v) is 3.21. The molecule has 0 bridgehead atoms. The van der Waals surface area contributed by atoms with Crippen molar-refractivity contribution in [3.05, 3.63) is 35.7 Å². The molecule has 0 radical (unpaired) electrons. The van der Waals surface area contributed by atoms with E-state index in [1.807, 2.05) is 0 Å². The third kappa shape index (κ3) is 12.3. The molecule has 0 aliphatic heterocycles. The number of aryl methyl sites for hydroxylation is 1. The molecule has 0 saturated heterocycles. The largest absolute Gasteiger partial charge is 0.481 e. The van der Waals surface area contributed by atoms with E-state index in [1.54, 1.807) is 31.2 Å². The normalized spacial score (nSPS) is 11.2. The van der Waals surface area contributed by atoms with Crippen LogP contribution in [0.15, 0.2) is 24.3 Å². The molecule has 0 spiro atoms. The van der Waals surface area contributed by atoms with E-state index >= 15 is 0 Å². The molecule has 2 rings (SSSR count). The summed E-state index contributed by atoms with van der Waals surface area (Å²) in [6, 6.07) is 6.83. The summed E-state index contributed by atoms with van der Waals surface area (Å²) in [5, 5.41) is 45.1. The number of hydrogen-bond donors (Lipinski definition) is 4. The summed E-state index contributed by atoms with van der Waals surface area (Å²) >= 11 is 0. The third-order valence-corrected chi connectivity index (χ3v) is 5.08. The Morgan fingerprint density at radius 1 is 0.744 bits per heavy atom. The van der Waals surface area contributed by atoms with Crippen LogP contribution < -0.4 is 5.32 Å². The minimum Gasteiger partial charge on any atom is -0.481 e. The Balaban J connectivity index is 2.13. The van der Waals surface area contributed by atoms with E-state index in [0.717, 1.165) is 0 Å². The molecule has 0 saturated carbocycles. The molecule has 0 fully saturated rings. The molecule has 1 amide bonds. The van der Waals surface area contributed by atoms with E-state index in [0.29, 0.717) is 22.8 Å². The number of nitrogens with one attached hydrogen (secondary N) is 1. The van der Waals surface area contributed by atoms with Gasteiger partial charge in [-0.15, -0.1) is 20.4 Å². The van der Waals surface area contributed by atoms with Crippen LogP contribution >= 0.6 is 0 Å². The highest BCUT2D eigenvalue weighted by Gasteiger charge is 2.34. The number of ether oxygens (including phenoxy) is 3. The Bertz CT molecular complexity index is 1040. The number of rotatable bonds is 19. The highest BCUT2D eigenvalue weighted by atomic mass is 16.5. The van der Waals surface area contributed by atoms with E-state index < -0.39 is 29.4 Å². The summed E-state index contributed by atoms with van der Waals surface area (Å²) in [4.78, 5) is 45.6. The van der Waals surface area contributed by atoms with E-state index in [9.17, 15) is 19.2 Å². The van der Waals surface area contributed by atoms with Gasteiger partial charge >= 0.3 is 17.9 Å². The maximum absolute atomic E-state index is 13.0. The van der Waals surface area contributed by atoms with Gasteiger partial charge in [-0.3, -0.25) is 19.2 Å². The van der Waals surface area contributed by atoms with E-state index in [-0.39, 0.29) is 65.3 Å². The summed E-state index contributed by atoms with van der Waals surface area (Å²) in [5.74, 6) is -2.93. The lowest BCUT2D eigenvalue weighted by Crippen LogP contribution is -2.59. The summed E-state index contributed by atoms with van der Waals surface area (Å²) in [6.45, 7) is 0.495. The Labute approximate surface area is 223 Å². The van der Waals surface area contributed by atoms with Crippen LogP contribution in [0.3, 0.4) is 0 Å². The number of amides is 1. The molecule has 0 unspecified atom stereocenters. The zero-order valence-corrected chi connectivity index (χ0v) is 21.4. The summed E-state index contributed by atoms with van der Waals surface area (Å²) < 4.78 is 16.4. The fourth-order valence-electron chi connectivity index (χ4n) is 3.21. The van der Waals surface area contributed by atoms with Crippen LogP contribution in [-0.2, 0) is 39.8 Å². The van der Waals surface area contributed by atoms with Crippen LogP contribution in [0.5, 0.6) is 0 Å². The summed E-state index contributed by atoms with van der Waals surface area (Å²) in [5.41, 5.74) is -0.0536. The SMILES string of the molecule is Cc1nnc(-c2ccc(CC(=O)NC(COCCC(=O)O)(COCCC(=O)O)COCCC(=O)O)cc2)nn1. The number of carbonyl (C=O) groups excluding carboxylic acids is 1. The maximum Gasteiger partial charge on any atom is 0.305 e. The molecule has 4 N–H and O–H groups in total. The first-order valence-corrected chi connectivity index (χ1v) is 11.9. The average Bonchev–Trinajstić information content (AvgIpc) is 2.88. The lowest BCUT2D eigenvalue weighted by Gasteiger charge is -2.34. The highest BCUT2D eigenvalue weighted by molar-refractivity contribution is 5.79. The molecular weight excluding hydrogens is 518 g/mol. The second-order valence-electron chi connectivity index (χ2n) is 8.56. The number of carboxylic acid groups (broad SMARTS) is 3. The van der Waals surface area contributed by atoms with E-state index in [2.05, 4.69) is 25.7 Å². The van der Waals surface area contributed by atoms with Gasteiger partial charge in [0.15, 0.2) is 5.82 Å². The first-order valence-electron chi connectivity index (χ1n) is 11.9. The smallest absolute Gasteiger partial charge is 0.305 e. The number of carbonyl (C=O) groups is 4. The minimum absolute atomic E-state index is 0.0628. The number of hydrogen-bond acceptors (Lipinski definition) is 11. The second kappa shape index (κ2) is 16.0. The standard InChI is InChI=1S/C24H31N5O10/c1-16-26-28-23(29-27-16)18-4-2-17(3-5-18)12-19(30)25-24(13-37-9-6-20(31)32,14-38-10-7-21(33)34)15-39-11-8-22(35)36/h2-5H,6-15H2,1H3,(H,25,30)(H,31,32)(H,33,34)(H,35,36). The quantitative estimate of drug-likeness (QED) is 0.171. The molecular formula is C24H31N5O10. The van der Waals surface area contributed by atoms with Gasteiger partial charge in [0.2, 0.25) is 11.7 Å². The number of aromatic nitrogens is 4. The van der Waals surface area contributed by atoms with Gasteiger partial charge < -0.3 is 34.8 Å². The number of nitrogens with zero attached hydrogens (tertiary/aromatic N) is 4. The molecule has 15 heteroatoms. The first-order chi connectivity index (χ1) is 18.6. The highest BCUT2D eigenvalue weighted by Crippen LogP contribution is 2.16. The molecule has 0 aliphatic carbocycles. The molecule has 0 aliphatic rings. The van der Waals surface area contributed by atoms with Crippen molar-refractivity contribution < 1.29 is 48.7 Å². The summed E-state index contributed by atoms with van der Waals surface area (Å²) in [6.07, 6.45) is -0.920. The van der Waals surface area contributed by atoms with Gasteiger partial charge in [-0.1, -0.05) is 24.3 Å². The molecule has 39 heavy (non-hydrogen) atoms. The van der Waals surface area contributed by atoms with Crippen LogP contribution in [0.4, 0.5) is 0 Å². The molecule has 1 aromatic carbocycles. The number of aliphatic carboxylic acids is 3. The Morgan fingerprint density at radius 3 is 1.59 bits per heavy atom. The fraction of sp³-hybridized carbons (Fsp3) is 0.500. The van der Waals surface area contributed by atoms with Gasteiger partial charge in [0.1, 0.15) is 5.54 Å². The van der Waals surface area contributed by atoms with Crippen molar-refractivity contribution in [2.24, 2.45) is 0 Å². The Hall–Kier alpha value is -4.08. The van der Waals surface area contributed by atoms with E-state index in [1.165, 1.54) is 0 Å². The van der Waals surface area contributed by atoms with E-state index in [4.69, 9.17) is 29.5 Å². The predicted molar refractivity (Wildman–Crippen MR) is 132 cm³/mol. The molecule has 1 aromatic heterocycles. The molecule has 15 nitrogen and oxygen atoms in total. The van der Waals surface area contributed by atoms with Crippen molar-refractivity contribution in [2.45, 2.75) is 38.1 Å². The topological polar surface area (TPSA) is 220 Å². The molecule has 212 valence electrons.